The Bertz CT molecular complexity index is 2250. The molecule has 3 aliphatic rings. The molecular weight excluding hydrogens is 574 g/mol. The molecule has 3 heterocycles. The average Bonchev–Trinajstić information content (AvgIpc) is 3.91. The number of anilines is 2. The van der Waals surface area contributed by atoms with Crippen molar-refractivity contribution in [2.75, 3.05) is 23.5 Å². The minimum absolute atomic E-state index is 0.573. The summed E-state index contributed by atoms with van der Waals surface area (Å²) in [5, 5.41) is 7.93. The van der Waals surface area contributed by atoms with Gasteiger partial charge in [0.25, 0.3) is 0 Å². The maximum Gasteiger partial charge on any atom is 0.154 e. The lowest BCUT2D eigenvalue weighted by atomic mass is 9.68. The standard InChI is InChI=1S/C42H31N5/c1-46-27-47(40-38(46)22-11-24-43-40)42(36-20-8-4-16-32(36)33-17-5-9-21-37(33)42)29-13-10-12-28(26-29)41(39-23-25-44-45-39)34-18-6-2-14-30(34)31-15-3-7-19-35(31)41/h2-26H,27H2,1H3,(H,44,45). The fourth-order valence-electron chi connectivity index (χ4n) is 8.92. The molecule has 0 radical (unpaired) electrons. The van der Waals surface area contributed by atoms with Gasteiger partial charge in [-0.3, -0.25) is 5.10 Å². The molecule has 10 rings (SSSR count). The first-order valence-electron chi connectivity index (χ1n) is 16.2. The maximum atomic E-state index is 5.04. The summed E-state index contributed by atoms with van der Waals surface area (Å²) in [7, 11) is 2.16. The number of hydrogen-bond donors (Lipinski definition) is 1. The van der Waals surface area contributed by atoms with E-state index in [1.54, 1.807) is 0 Å². The topological polar surface area (TPSA) is 48.0 Å². The first kappa shape index (κ1) is 26.3. The molecule has 0 amide bonds. The summed E-state index contributed by atoms with van der Waals surface area (Å²) in [6, 6.07) is 51.2. The van der Waals surface area contributed by atoms with Crippen molar-refractivity contribution in [2.45, 2.75) is 11.0 Å². The number of nitrogens with one attached hydrogen (secondary N) is 1. The van der Waals surface area contributed by atoms with Crippen LogP contribution in [0.3, 0.4) is 0 Å². The quantitative estimate of drug-likeness (QED) is 0.219. The summed E-state index contributed by atoms with van der Waals surface area (Å²) in [6.07, 6.45) is 3.79. The molecule has 0 saturated heterocycles. The molecule has 0 saturated carbocycles. The first-order chi connectivity index (χ1) is 23.2. The van der Waals surface area contributed by atoms with Gasteiger partial charge in [0.05, 0.1) is 23.5 Å². The molecule has 1 aliphatic heterocycles. The molecule has 5 nitrogen and oxygen atoms in total. The van der Waals surface area contributed by atoms with Gasteiger partial charge >= 0.3 is 0 Å². The SMILES string of the molecule is CN1CN(C2(c3cccc(C4(c5ccn[nH]5)c5ccccc5-c5ccccc54)c3)c3ccccc3-c3ccccc32)c2ncccc21. The second-order valence-corrected chi connectivity index (χ2v) is 12.8. The van der Waals surface area contributed by atoms with Crippen LogP contribution < -0.4 is 9.80 Å². The largest absolute Gasteiger partial charge is 0.354 e. The minimum Gasteiger partial charge on any atom is -0.354 e. The van der Waals surface area contributed by atoms with Gasteiger partial charge in [0.2, 0.25) is 0 Å². The Morgan fingerprint density at radius 3 is 1.77 bits per heavy atom. The lowest BCUT2D eigenvalue weighted by Crippen LogP contribution is -2.48. The van der Waals surface area contributed by atoms with Crippen molar-refractivity contribution in [1.82, 2.24) is 15.2 Å². The number of pyridine rings is 1. The predicted octanol–water partition coefficient (Wildman–Crippen LogP) is 8.35. The summed E-state index contributed by atoms with van der Waals surface area (Å²) in [5.74, 6) is 0.992. The Kier molecular flexibility index (Phi) is 5.33. The van der Waals surface area contributed by atoms with Crippen LogP contribution in [0.1, 0.15) is 39.1 Å². The lowest BCUT2D eigenvalue weighted by molar-refractivity contribution is 0.578. The summed E-state index contributed by atoms with van der Waals surface area (Å²) >= 11 is 0. The van der Waals surface area contributed by atoms with Gasteiger partial charge in [-0.1, -0.05) is 121 Å². The van der Waals surface area contributed by atoms with E-state index >= 15 is 0 Å². The molecule has 1 N–H and O–H groups in total. The molecule has 0 spiro atoms. The van der Waals surface area contributed by atoms with Crippen molar-refractivity contribution in [3.8, 4) is 22.3 Å². The highest BCUT2D eigenvalue weighted by Gasteiger charge is 2.53. The van der Waals surface area contributed by atoms with Gasteiger partial charge in [-0.25, -0.2) is 4.98 Å². The van der Waals surface area contributed by atoms with Crippen molar-refractivity contribution in [1.29, 1.82) is 0 Å². The number of benzene rings is 5. The smallest absolute Gasteiger partial charge is 0.154 e. The van der Waals surface area contributed by atoms with Crippen molar-refractivity contribution in [3.63, 3.8) is 0 Å². The van der Waals surface area contributed by atoms with Crippen LogP contribution in [-0.2, 0) is 11.0 Å². The molecular formula is C42H31N5. The maximum absolute atomic E-state index is 5.04. The van der Waals surface area contributed by atoms with E-state index in [-0.39, 0.29) is 0 Å². The summed E-state index contributed by atoms with van der Waals surface area (Å²) in [4.78, 5) is 9.87. The highest BCUT2D eigenvalue weighted by atomic mass is 15.4. The Hall–Kier alpha value is -5.94. The van der Waals surface area contributed by atoms with Crippen molar-refractivity contribution < 1.29 is 0 Å². The van der Waals surface area contributed by atoms with Gasteiger partial charge in [-0.15, -0.1) is 0 Å². The second kappa shape index (κ2) is 9.54. The average molecular weight is 606 g/mol. The lowest BCUT2D eigenvalue weighted by Gasteiger charge is -2.43. The van der Waals surface area contributed by atoms with Gasteiger partial charge in [0.1, 0.15) is 5.54 Å². The normalized spacial score (nSPS) is 15.9. The van der Waals surface area contributed by atoms with E-state index in [9.17, 15) is 0 Å². The molecule has 0 unspecified atom stereocenters. The highest BCUT2D eigenvalue weighted by Crippen LogP contribution is 2.59. The van der Waals surface area contributed by atoms with Crippen LogP contribution in [0.2, 0.25) is 0 Å². The predicted molar refractivity (Wildman–Crippen MR) is 188 cm³/mol. The molecule has 2 aromatic heterocycles. The van der Waals surface area contributed by atoms with Gasteiger partial charge in [0.15, 0.2) is 5.82 Å². The Labute approximate surface area is 273 Å². The molecule has 5 aromatic carbocycles. The van der Waals surface area contributed by atoms with Crippen molar-refractivity contribution >= 4 is 11.5 Å². The van der Waals surface area contributed by atoms with Gasteiger partial charge in [-0.05, 0) is 73.8 Å². The highest BCUT2D eigenvalue weighted by molar-refractivity contribution is 5.89. The molecule has 0 fully saturated rings. The van der Waals surface area contributed by atoms with Crippen LogP contribution in [0, 0.1) is 0 Å². The molecule has 47 heavy (non-hydrogen) atoms. The van der Waals surface area contributed by atoms with Gasteiger partial charge < -0.3 is 9.80 Å². The number of nitrogens with zero attached hydrogens (tertiary/aromatic N) is 4. The fraction of sp³-hybridized carbons (Fsp3) is 0.0952. The van der Waals surface area contributed by atoms with Crippen LogP contribution in [0.5, 0.6) is 0 Å². The van der Waals surface area contributed by atoms with Crippen LogP contribution in [0.4, 0.5) is 11.5 Å². The van der Waals surface area contributed by atoms with Gasteiger partial charge in [-0.2, -0.15) is 5.10 Å². The zero-order chi connectivity index (χ0) is 31.2. The number of fused-ring (bicyclic) bond motifs is 7. The molecule has 0 atom stereocenters. The summed E-state index contributed by atoms with van der Waals surface area (Å²) in [6.45, 7) is 0.705. The number of H-pyrrole nitrogens is 1. The van der Waals surface area contributed by atoms with Crippen LogP contribution in [0.25, 0.3) is 22.3 Å². The number of aromatic nitrogens is 3. The third-order valence-electron chi connectivity index (χ3n) is 10.7. The van der Waals surface area contributed by atoms with Crippen molar-refractivity contribution in [3.05, 3.63) is 191 Å². The fourth-order valence-corrected chi connectivity index (χ4v) is 8.92. The molecule has 2 aliphatic carbocycles. The molecule has 5 heteroatoms. The van der Waals surface area contributed by atoms with E-state index in [0.717, 1.165) is 17.2 Å². The molecule has 224 valence electrons. The monoisotopic (exact) mass is 605 g/mol. The third-order valence-corrected chi connectivity index (χ3v) is 10.7. The third kappa shape index (κ3) is 3.23. The molecule has 7 aromatic rings. The second-order valence-electron chi connectivity index (χ2n) is 12.8. The number of aromatic amines is 1. The van der Waals surface area contributed by atoms with Crippen LogP contribution >= 0.6 is 0 Å². The Balaban J connectivity index is 1.32. The Morgan fingerprint density at radius 2 is 1.15 bits per heavy atom. The van der Waals surface area contributed by atoms with E-state index in [4.69, 9.17) is 4.98 Å². The zero-order valence-electron chi connectivity index (χ0n) is 25.9. The number of rotatable bonds is 4. The van der Waals surface area contributed by atoms with E-state index in [0.29, 0.717) is 6.67 Å². The van der Waals surface area contributed by atoms with Crippen LogP contribution in [-0.4, -0.2) is 28.9 Å². The van der Waals surface area contributed by atoms with E-state index in [1.807, 2.05) is 18.5 Å². The number of hydrogen-bond acceptors (Lipinski definition) is 4. The van der Waals surface area contributed by atoms with Crippen LogP contribution in [0.15, 0.2) is 152 Å². The van der Waals surface area contributed by atoms with E-state index in [2.05, 4.69) is 161 Å². The zero-order valence-corrected chi connectivity index (χ0v) is 25.9. The Morgan fingerprint density at radius 1 is 0.574 bits per heavy atom. The summed E-state index contributed by atoms with van der Waals surface area (Å²) < 4.78 is 0. The summed E-state index contributed by atoms with van der Waals surface area (Å²) in [5.41, 5.74) is 13.5. The van der Waals surface area contributed by atoms with Gasteiger partial charge in [0, 0.05) is 19.4 Å². The van der Waals surface area contributed by atoms with E-state index < -0.39 is 11.0 Å². The van der Waals surface area contributed by atoms with Crippen molar-refractivity contribution in [2.24, 2.45) is 0 Å². The first-order valence-corrected chi connectivity index (χ1v) is 16.2. The minimum atomic E-state index is -0.621. The van der Waals surface area contributed by atoms with E-state index in [1.165, 1.54) is 55.6 Å². The molecule has 0 bridgehead atoms.